The molecule has 0 radical (unpaired) electrons. The number of aromatic carboxylic acids is 1. The highest BCUT2D eigenvalue weighted by Crippen LogP contribution is 2.37. The molecule has 0 aliphatic carbocycles. The van der Waals surface area contributed by atoms with Gasteiger partial charge in [0.2, 0.25) is 0 Å². The molecule has 0 atom stereocenters. The van der Waals surface area contributed by atoms with Crippen LogP contribution in [0.15, 0.2) is 60.7 Å². The van der Waals surface area contributed by atoms with Gasteiger partial charge in [-0.05, 0) is 60.5 Å². The molecule has 3 rings (SSSR count). The summed E-state index contributed by atoms with van der Waals surface area (Å²) < 4.78 is 50.4. The number of esters is 1. The van der Waals surface area contributed by atoms with E-state index < -0.39 is 29.2 Å². The molecule has 0 aliphatic heterocycles. The Hall–Kier alpha value is -4.80. The Morgan fingerprint density at radius 3 is 2.33 bits per heavy atom. The van der Waals surface area contributed by atoms with E-state index >= 15 is 0 Å². The number of ether oxygens (including phenoxy) is 4. The van der Waals surface area contributed by atoms with Gasteiger partial charge in [0.15, 0.2) is 11.5 Å². The molecule has 9 nitrogen and oxygen atoms in total. The minimum Gasteiger partial charge on any atom is -0.545 e. The average Bonchev–Trinajstić information content (AvgIpc) is 2.90. The zero-order valence-corrected chi connectivity index (χ0v) is 21.2. The van der Waals surface area contributed by atoms with Crippen molar-refractivity contribution in [2.75, 3.05) is 25.2 Å². The van der Waals surface area contributed by atoms with Crippen LogP contribution in [0.3, 0.4) is 0 Å². The summed E-state index contributed by atoms with van der Waals surface area (Å²) in [5.41, 5.74) is 10.4. The standard InChI is InChI=1S/C28H28F2N2O7/c1-3-4-15-37-21-12-8-18(16-23(21)36-2)28(29,30)39-19-9-5-17(6-10-19)7-14-24(33)38-22-13-11-20(31)26(32)25(22)27(34)35/h5-14,16H,3-4,15,31-32H2,1-2H3,(H,34,35)/p-1/b14-7+. The number of unbranched alkanes of at least 4 members (excludes halogenated alkanes) is 1. The van der Waals surface area contributed by atoms with E-state index in [-0.39, 0.29) is 28.6 Å². The van der Waals surface area contributed by atoms with Crippen LogP contribution in [0.2, 0.25) is 0 Å². The predicted molar refractivity (Wildman–Crippen MR) is 139 cm³/mol. The molecule has 0 aromatic heterocycles. The number of carbonyl (C=O) groups is 2. The molecular formula is C28H27F2N2O7-. The quantitative estimate of drug-likeness (QED) is 0.113. The highest BCUT2D eigenvalue weighted by Gasteiger charge is 2.35. The number of hydrogen-bond acceptors (Lipinski definition) is 9. The van der Waals surface area contributed by atoms with E-state index in [1.165, 1.54) is 61.7 Å². The molecule has 11 heteroatoms. The number of alkyl halides is 2. The van der Waals surface area contributed by atoms with Gasteiger partial charge in [-0.3, -0.25) is 0 Å². The van der Waals surface area contributed by atoms with Gasteiger partial charge >= 0.3 is 12.1 Å². The fourth-order valence-electron chi connectivity index (χ4n) is 3.37. The summed E-state index contributed by atoms with van der Waals surface area (Å²) in [6, 6.07) is 11.7. The summed E-state index contributed by atoms with van der Waals surface area (Å²) in [6.07, 6.45) is 0.430. The average molecular weight is 542 g/mol. The molecular weight excluding hydrogens is 514 g/mol. The summed E-state index contributed by atoms with van der Waals surface area (Å²) >= 11 is 0. The summed E-state index contributed by atoms with van der Waals surface area (Å²) in [4.78, 5) is 23.5. The molecule has 0 heterocycles. The SMILES string of the molecule is CCCCOc1ccc(C(F)(F)Oc2ccc(/C=C/C(=O)Oc3ccc(N)c(N)c3C(=O)[O-])cc2)cc1OC. The summed E-state index contributed by atoms with van der Waals surface area (Å²) in [5.74, 6) is -2.51. The molecule has 3 aromatic rings. The third-order valence-electron chi connectivity index (χ3n) is 5.45. The zero-order chi connectivity index (χ0) is 28.6. The fraction of sp³-hybridized carbons (Fsp3) is 0.214. The Bertz CT molecular complexity index is 1360. The molecule has 0 amide bonds. The van der Waals surface area contributed by atoms with Crippen molar-refractivity contribution in [3.63, 3.8) is 0 Å². The number of benzene rings is 3. The van der Waals surface area contributed by atoms with Gasteiger partial charge in [-0.25, -0.2) is 4.79 Å². The normalized spacial score (nSPS) is 11.3. The first-order valence-electron chi connectivity index (χ1n) is 11.8. The van der Waals surface area contributed by atoms with Gasteiger partial charge in [0.25, 0.3) is 0 Å². The van der Waals surface area contributed by atoms with Crippen LogP contribution in [0, 0.1) is 0 Å². The van der Waals surface area contributed by atoms with Crippen molar-refractivity contribution in [2.24, 2.45) is 0 Å². The van der Waals surface area contributed by atoms with E-state index in [1.54, 1.807) is 0 Å². The lowest BCUT2D eigenvalue weighted by Crippen LogP contribution is -2.25. The Morgan fingerprint density at radius 2 is 1.69 bits per heavy atom. The maximum atomic E-state index is 14.8. The van der Waals surface area contributed by atoms with Gasteiger partial charge in [-0.15, -0.1) is 0 Å². The van der Waals surface area contributed by atoms with Gasteiger partial charge in [-0.1, -0.05) is 25.5 Å². The second-order valence-corrected chi connectivity index (χ2v) is 8.24. The number of hydrogen-bond donors (Lipinski definition) is 2. The predicted octanol–water partition coefficient (Wildman–Crippen LogP) is 4.15. The maximum absolute atomic E-state index is 14.8. The van der Waals surface area contributed by atoms with Gasteiger partial charge < -0.3 is 40.3 Å². The highest BCUT2D eigenvalue weighted by atomic mass is 19.3. The molecule has 4 N–H and O–H groups in total. The van der Waals surface area contributed by atoms with E-state index in [0.717, 1.165) is 25.0 Å². The third-order valence-corrected chi connectivity index (χ3v) is 5.45. The number of nitrogen functional groups attached to an aromatic ring is 2. The molecule has 0 saturated carbocycles. The Kier molecular flexibility index (Phi) is 9.32. The Labute approximate surface area is 223 Å². The van der Waals surface area contributed by atoms with Gasteiger partial charge in [0.1, 0.15) is 11.5 Å². The third kappa shape index (κ3) is 7.37. The van der Waals surface area contributed by atoms with Crippen molar-refractivity contribution in [1.29, 1.82) is 0 Å². The van der Waals surface area contributed by atoms with Crippen LogP contribution in [0.25, 0.3) is 6.08 Å². The molecule has 0 aliphatic rings. The lowest BCUT2D eigenvalue weighted by Gasteiger charge is -2.20. The largest absolute Gasteiger partial charge is 0.545 e. The molecule has 0 bridgehead atoms. The molecule has 0 saturated heterocycles. The van der Waals surface area contributed by atoms with Gasteiger partial charge in [-0.2, -0.15) is 8.78 Å². The molecule has 0 unspecified atom stereocenters. The minimum absolute atomic E-state index is 0.00925. The first kappa shape index (κ1) is 28.8. The van der Waals surface area contributed by atoms with Crippen molar-refractivity contribution in [2.45, 2.75) is 25.9 Å². The number of rotatable bonds is 12. The number of carboxylic acid groups (broad SMARTS) is 1. The Morgan fingerprint density at radius 1 is 1.00 bits per heavy atom. The van der Waals surface area contributed by atoms with Gasteiger partial charge in [0, 0.05) is 6.08 Å². The van der Waals surface area contributed by atoms with Crippen LogP contribution in [0.4, 0.5) is 20.2 Å². The summed E-state index contributed by atoms with van der Waals surface area (Å²) in [6.45, 7) is 2.45. The molecule has 0 fully saturated rings. The molecule has 206 valence electrons. The minimum atomic E-state index is -3.67. The fourth-order valence-corrected chi connectivity index (χ4v) is 3.37. The van der Waals surface area contributed by atoms with Crippen molar-refractivity contribution in [3.05, 3.63) is 77.4 Å². The van der Waals surface area contributed by atoms with Crippen LogP contribution in [0.1, 0.15) is 41.3 Å². The van der Waals surface area contributed by atoms with Crippen molar-refractivity contribution in [1.82, 2.24) is 0 Å². The number of nitrogens with two attached hydrogens (primary N) is 2. The van der Waals surface area contributed by atoms with Crippen molar-refractivity contribution >= 4 is 29.4 Å². The number of anilines is 2. The summed E-state index contributed by atoms with van der Waals surface area (Å²) in [5, 5.41) is 11.3. The zero-order valence-electron chi connectivity index (χ0n) is 21.2. The smallest absolute Gasteiger partial charge is 0.426 e. The lowest BCUT2D eigenvalue weighted by atomic mass is 10.1. The van der Waals surface area contributed by atoms with Crippen molar-refractivity contribution < 1.29 is 42.4 Å². The topological polar surface area (TPSA) is 146 Å². The molecule has 3 aromatic carbocycles. The van der Waals surface area contributed by atoms with Crippen LogP contribution in [-0.4, -0.2) is 25.7 Å². The van der Waals surface area contributed by atoms with E-state index in [1.807, 2.05) is 6.92 Å². The lowest BCUT2D eigenvalue weighted by molar-refractivity contribution is -0.255. The van der Waals surface area contributed by atoms with E-state index in [4.69, 9.17) is 30.4 Å². The first-order valence-corrected chi connectivity index (χ1v) is 11.8. The number of methoxy groups -OCH3 is 1. The van der Waals surface area contributed by atoms with Crippen LogP contribution in [-0.2, 0) is 10.9 Å². The van der Waals surface area contributed by atoms with Crippen molar-refractivity contribution in [3.8, 4) is 23.0 Å². The highest BCUT2D eigenvalue weighted by molar-refractivity contribution is 6.00. The van der Waals surface area contributed by atoms with E-state index in [0.29, 0.717) is 17.9 Å². The molecule has 39 heavy (non-hydrogen) atoms. The number of halogens is 2. The van der Waals surface area contributed by atoms with Crippen LogP contribution >= 0.6 is 0 Å². The second kappa shape index (κ2) is 12.6. The maximum Gasteiger partial charge on any atom is 0.426 e. The number of carboxylic acids is 1. The first-order chi connectivity index (χ1) is 18.6. The van der Waals surface area contributed by atoms with E-state index in [9.17, 15) is 23.5 Å². The second-order valence-electron chi connectivity index (χ2n) is 8.24. The van der Waals surface area contributed by atoms with Crippen LogP contribution in [0.5, 0.6) is 23.0 Å². The van der Waals surface area contributed by atoms with E-state index in [2.05, 4.69) is 0 Å². The monoisotopic (exact) mass is 541 g/mol. The van der Waals surface area contributed by atoms with Crippen LogP contribution < -0.4 is 35.5 Å². The Balaban J connectivity index is 1.66. The van der Waals surface area contributed by atoms with Gasteiger partial charge in [0.05, 0.1) is 42.2 Å². The molecule has 0 spiro atoms. The number of carbonyl (C=O) groups excluding carboxylic acids is 2. The summed E-state index contributed by atoms with van der Waals surface area (Å²) in [7, 11) is 1.36.